The van der Waals surface area contributed by atoms with Gasteiger partial charge in [0.15, 0.2) is 0 Å². The number of nitrogens with one attached hydrogen (secondary N) is 2. The number of aliphatic hydroxyl groups excluding tert-OH is 1. The molecule has 1 heterocycles. The molecule has 0 saturated carbocycles. The van der Waals surface area contributed by atoms with Gasteiger partial charge in [-0.3, -0.25) is 4.79 Å². The number of hydrogen-bond donors (Lipinski definition) is 3. The molecule has 24 heavy (non-hydrogen) atoms. The maximum Gasteiger partial charge on any atom is 0.257 e. The van der Waals surface area contributed by atoms with E-state index in [0.717, 1.165) is 6.42 Å². The Morgan fingerprint density at radius 2 is 2.12 bits per heavy atom. The smallest absolute Gasteiger partial charge is 0.257 e. The van der Waals surface area contributed by atoms with E-state index >= 15 is 0 Å². The lowest BCUT2D eigenvalue weighted by Gasteiger charge is -2.17. The molecule has 2 aromatic rings. The molecule has 1 aromatic heterocycles. The van der Waals surface area contributed by atoms with Crippen molar-refractivity contribution < 1.29 is 9.90 Å². The van der Waals surface area contributed by atoms with Gasteiger partial charge in [-0.25, -0.2) is 4.98 Å². The van der Waals surface area contributed by atoms with Crippen molar-refractivity contribution in [1.29, 1.82) is 0 Å². The normalized spacial score (nSPS) is 13.2. The second-order valence-corrected chi connectivity index (χ2v) is 6.17. The summed E-state index contributed by atoms with van der Waals surface area (Å²) in [6.07, 6.45) is 1.99. The second-order valence-electron chi connectivity index (χ2n) is 5.73. The summed E-state index contributed by atoms with van der Waals surface area (Å²) in [6.45, 7) is 4.47. The molecule has 0 radical (unpaired) electrons. The molecule has 6 heteroatoms. The van der Waals surface area contributed by atoms with Crippen LogP contribution >= 0.6 is 11.6 Å². The Morgan fingerprint density at radius 3 is 2.75 bits per heavy atom. The molecule has 128 valence electrons. The number of pyridine rings is 1. The number of amides is 1. The van der Waals surface area contributed by atoms with E-state index in [1.807, 2.05) is 13.8 Å². The zero-order chi connectivity index (χ0) is 17.5. The van der Waals surface area contributed by atoms with Crippen LogP contribution < -0.4 is 10.6 Å². The molecule has 0 aliphatic carbocycles. The van der Waals surface area contributed by atoms with Crippen LogP contribution in [-0.2, 0) is 0 Å². The minimum atomic E-state index is -0.428. The van der Waals surface area contributed by atoms with Crippen molar-refractivity contribution in [2.75, 3.05) is 17.2 Å². The Balaban J connectivity index is 1.92. The first-order chi connectivity index (χ1) is 11.5. The molecule has 3 N–H and O–H groups in total. The molecule has 2 atom stereocenters. The number of benzene rings is 1. The molecule has 1 aromatic carbocycles. The summed E-state index contributed by atoms with van der Waals surface area (Å²) in [6, 6.07) is 10.4. The van der Waals surface area contributed by atoms with Gasteiger partial charge in [-0.05, 0) is 36.2 Å². The second kappa shape index (κ2) is 8.66. The third-order valence-corrected chi connectivity index (χ3v) is 4.14. The first-order valence-corrected chi connectivity index (χ1v) is 8.32. The molecular weight excluding hydrogens is 326 g/mol. The number of halogens is 1. The number of aliphatic hydroxyl groups is 1. The lowest BCUT2D eigenvalue weighted by Crippen LogP contribution is -2.26. The number of aromatic nitrogens is 1. The highest BCUT2D eigenvalue weighted by molar-refractivity contribution is 6.30. The summed E-state index contributed by atoms with van der Waals surface area (Å²) >= 11 is 5.90. The quantitative estimate of drug-likeness (QED) is 0.712. The van der Waals surface area contributed by atoms with Gasteiger partial charge in [0, 0.05) is 23.5 Å². The zero-order valence-corrected chi connectivity index (χ0v) is 14.5. The summed E-state index contributed by atoms with van der Waals surface area (Å²) in [7, 11) is 0. The molecule has 0 spiro atoms. The standard InChI is InChI=1S/C18H22ClN3O2/c1-3-12(2)16(23)11-21-17-8-7-13(10-20-17)18(24)22-15-6-4-5-14(19)9-15/h4-10,12,16,23H,3,11H2,1-2H3,(H,20,21)(H,22,24). The van der Waals surface area contributed by atoms with Crippen LogP contribution in [0.1, 0.15) is 30.6 Å². The Hall–Kier alpha value is -2.11. The number of hydrogen-bond acceptors (Lipinski definition) is 4. The summed E-state index contributed by atoms with van der Waals surface area (Å²) < 4.78 is 0. The maximum absolute atomic E-state index is 12.2. The zero-order valence-electron chi connectivity index (χ0n) is 13.8. The molecule has 2 rings (SSSR count). The van der Waals surface area contributed by atoms with Gasteiger partial charge < -0.3 is 15.7 Å². The topological polar surface area (TPSA) is 74.2 Å². The van der Waals surface area contributed by atoms with E-state index in [1.54, 1.807) is 36.4 Å². The molecule has 0 aliphatic heterocycles. The van der Waals surface area contributed by atoms with Gasteiger partial charge in [-0.2, -0.15) is 0 Å². The summed E-state index contributed by atoms with van der Waals surface area (Å²) in [5.74, 6) is 0.591. The lowest BCUT2D eigenvalue weighted by atomic mass is 10.0. The largest absolute Gasteiger partial charge is 0.391 e. The predicted molar refractivity (Wildman–Crippen MR) is 97.6 cm³/mol. The van der Waals surface area contributed by atoms with Crippen LogP contribution in [-0.4, -0.2) is 28.6 Å². The maximum atomic E-state index is 12.2. The van der Waals surface area contributed by atoms with E-state index in [0.29, 0.717) is 28.6 Å². The SMILES string of the molecule is CCC(C)C(O)CNc1ccc(C(=O)Nc2cccc(Cl)c2)cn1. The fraction of sp³-hybridized carbons (Fsp3) is 0.333. The van der Waals surface area contributed by atoms with E-state index in [4.69, 9.17) is 11.6 Å². The van der Waals surface area contributed by atoms with Crippen molar-refractivity contribution in [1.82, 2.24) is 4.98 Å². The number of rotatable bonds is 7. The highest BCUT2D eigenvalue weighted by Gasteiger charge is 2.12. The number of carbonyl (C=O) groups excluding carboxylic acids is 1. The number of nitrogens with zero attached hydrogens (tertiary/aromatic N) is 1. The minimum absolute atomic E-state index is 0.222. The Morgan fingerprint density at radius 1 is 1.33 bits per heavy atom. The summed E-state index contributed by atoms with van der Waals surface area (Å²) in [5, 5.41) is 16.3. The van der Waals surface area contributed by atoms with Gasteiger partial charge in [0.25, 0.3) is 5.91 Å². The van der Waals surface area contributed by atoms with Crippen molar-refractivity contribution in [2.24, 2.45) is 5.92 Å². The molecule has 2 unspecified atom stereocenters. The molecule has 0 saturated heterocycles. The molecule has 0 bridgehead atoms. The van der Waals surface area contributed by atoms with E-state index < -0.39 is 6.10 Å². The fourth-order valence-corrected chi connectivity index (χ4v) is 2.27. The van der Waals surface area contributed by atoms with Crippen LogP contribution in [0.15, 0.2) is 42.6 Å². The lowest BCUT2D eigenvalue weighted by molar-refractivity contribution is 0.102. The van der Waals surface area contributed by atoms with Crippen molar-refractivity contribution in [2.45, 2.75) is 26.4 Å². The van der Waals surface area contributed by atoms with Crippen molar-refractivity contribution in [3.63, 3.8) is 0 Å². The van der Waals surface area contributed by atoms with Crippen molar-refractivity contribution >= 4 is 29.0 Å². The van der Waals surface area contributed by atoms with Crippen molar-refractivity contribution in [3.05, 3.63) is 53.2 Å². The average Bonchev–Trinajstić information content (AvgIpc) is 2.59. The molecule has 1 amide bonds. The predicted octanol–water partition coefficient (Wildman–Crippen LogP) is 3.81. The Labute approximate surface area is 147 Å². The van der Waals surface area contributed by atoms with Crippen LogP contribution in [0.2, 0.25) is 5.02 Å². The van der Waals surface area contributed by atoms with Crippen LogP contribution in [0.5, 0.6) is 0 Å². The van der Waals surface area contributed by atoms with E-state index in [1.165, 1.54) is 6.20 Å². The van der Waals surface area contributed by atoms with Gasteiger partial charge >= 0.3 is 0 Å². The van der Waals surface area contributed by atoms with Gasteiger partial charge in [-0.15, -0.1) is 0 Å². The van der Waals surface area contributed by atoms with Crippen LogP contribution in [0.25, 0.3) is 0 Å². The van der Waals surface area contributed by atoms with Crippen LogP contribution in [0, 0.1) is 5.92 Å². The number of anilines is 2. The third kappa shape index (κ3) is 5.22. The van der Waals surface area contributed by atoms with E-state index in [9.17, 15) is 9.90 Å². The Kier molecular flexibility index (Phi) is 6.58. The van der Waals surface area contributed by atoms with Gasteiger partial charge in [-0.1, -0.05) is 37.9 Å². The first-order valence-electron chi connectivity index (χ1n) is 7.94. The monoisotopic (exact) mass is 347 g/mol. The molecule has 0 aliphatic rings. The first kappa shape index (κ1) is 18.2. The van der Waals surface area contributed by atoms with Crippen molar-refractivity contribution in [3.8, 4) is 0 Å². The molecule has 0 fully saturated rings. The van der Waals surface area contributed by atoms with Gasteiger partial charge in [0.2, 0.25) is 0 Å². The minimum Gasteiger partial charge on any atom is -0.391 e. The summed E-state index contributed by atoms with van der Waals surface area (Å²) in [4.78, 5) is 16.4. The van der Waals surface area contributed by atoms with E-state index in [2.05, 4.69) is 15.6 Å². The molecule has 5 nitrogen and oxygen atoms in total. The van der Waals surface area contributed by atoms with Gasteiger partial charge in [0.05, 0.1) is 11.7 Å². The average molecular weight is 348 g/mol. The third-order valence-electron chi connectivity index (χ3n) is 3.90. The Bertz CT molecular complexity index is 676. The van der Waals surface area contributed by atoms with Gasteiger partial charge in [0.1, 0.15) is 5.82 Å². The highest BCUT2D eigenvalue weighted by Crippen LogP contribution is 2.16. The highest BCUT2D eigenvalue weighted by atomic mass is 35.5. The van der Waals surface area contributed by atoms with Crippen LogP contribution in [0.3, 0.4) is 0 Å². The van der Waals surface area contributed by atoms with Crippen LogP contribution in [0.4, 0.5) is 11.5 Å². The number of carbonyl (C=O) groups is 1. The van der Waals surface area contributed by atoms with E-state index in [-0.39, 0.29) is 11.8 Å². The fourth-order valence-electron chi connectivity index (χ4n) is 2.08. The molecular formula is C18H22ClN3O2. The summed E-state index contributed by atoms with van der Waals surface area (Å²) in [5.41, 5.74) is 1.08.